The Morgan fingerprint density at radius 1 is 0.882 bits per heavy atom. The minimum absolute atomic E-state index is 0.171. The zero-order valence-electron chi connectivity index (χ0n) is 10.0. The van der Waals surface area contributed by atoms with Gasteiger partial charge in [0.15, 0.2) is 4.90 Å². The minimum Gasteiger partial charge on any atom is -0.331 e. The van der Waals surface area contributed by atoms with Gasteiger partial charge in [-0.25, -0.2) is 0 Å². The highest BCUT2D eigenvalue weighted by Gasteiger charge is 2.14. The number of rotatable bonds is 5. The van der Waals surface area contributed by atoms with Crippen molar-refractivity contribution in [2.75, 3.05) is 12.2 Å². The summed E-state index contributed by atoms with van der Waals surface area (Å²) in [5, 5.41) is 0. The highest BCUT2D eigenvalue weighted by atomic mass is 32.2. The third kappa shape index (κ3) is 3.91. The summed E-state index contributed by atoms with van der Waals surface area (Å²) >= 11 is 0. The SMILES string of the molecule is C[S+](COCc1ccccc1)c1ccccc1. The van der Waals surface area contributed by atoms with Gasteiger partial charge in [-0.2, -0.15) is 0 Å². The Balaban J connectivity index is 1.79. The van der Waals surface area contributed by atoms with E-state index >= 15 is 0 Å². The van der Waals surface area contributed by atoms with Crippen LogP contribution >= 0.6 is 0 Å². The van der Waals surface area contributed by atoms with Crippen molar-refractivity contribution in [3.63, 3.8) is 0 Å². The molecule has 0 saturated heterocycles. The lowest BCUT2D eigenvalue weighted by atomic mass is 10.2. The predicted molar refractivity (Wildman–Crippen MR) is 74.1 cm³/mol. The summed E-state index contributed by atoms with van der Waals surface area (Å²) in [5.41, 5.74) is 1.23. The van der Waals surface area contributed by atoms with Gasteiger partial charge in [0.25, 0.3) is 0 Å². The van der Waals surface area contributed by atoms with E-state index in [9.17, 15) is 0 Å². The molecular formula is C15H17OS+. The molecule has 1 nitrogen and oxygen atoms in total. The third-order valence-electron chi connectivity index (χ3n) is 2.52. The molecule has 2 aromatic rings. The Morgan fingerprint density at radius 3 is 2.12 bits per heavy atom. The van der Waals surface area contributed by atoms with E-state index in [1.165, 1.54) is 10.5 Å². The lowest BCUT2D eigenvalue weighted by Crippen LogP contribution is -2.08. The first-order valence-corrected chi connectivity index (χ1v) is 7.46. The monoisotopic (exact) mass is 245 g/mol. The molecule has 2 aromatic carbocycles. The molecular weight excluding hydrogens is 228 g/mol. The molecule has 0 heterocycles. The number of ether oxygens (including phenoxy) is 1. The summed E-state index contributed by atoms with van der Waals surface area (Å²) < 4.78 is 5.75. The van der Waals surface area contributed by atoms with Crippen LogP contribution in [0, 0.1) is 0 Å². The maximum atomic E-state index is 5.75. The Bertz CT molecular complexity index is 427. The Labute approximate surface area is 106 Å². The molecule has 0 aliphatic heterocycles. The van der Waals surface area contributed by atoms with E-state index in [0.717, 1.165) is 5.94 Å². The quantitative estimate of drug-likeness (QED) is 0.733. The van der Waals surface area contributed by atoms with Crippen LogP contribution in [0.4, 0.5) is 0 Å². The molecule has 0 radical (unpaired) electrons. The Morgan fingerprint density at radius 2 is 1.47 bits per heavy atom. The fourth-order valence-electron chi connectivity index (χ4n) is 1.58. The van der Waals surface area contributed by atoms with Crippen molar-refractivity contribution < 1.29 is 4.74 Å². The van der Waals surface area contributed by atoms with Crippen molar-refractivity contribution in [3.8, 4) is 0 Å². The van der Waals surface area contributed by atoms with Crippen LogP contribution in [0.3, 0.4) is 0 Å². The average molecular weight is 245 g/mol. The van der Waals surface area contributed by atoms with E-state index in [2.05, 4.69) is 42.7 Å². The Kier molecular flexibility index (Phi) is 4.65. The highest BCUT2D eigenvalue weighted by molar-refractivity contribution is 7.96. The second kappa shape index (κ2) is 6.48. The number of benzene rings is 2. The molecule has 0 aromatic heterocycles. The molecule has 2 heteroatoms. The van der Waals surface area contributed by atoms with Crippen LogP contribution in [-0.2, 0) is 22.2 Å². The van der Waals surface area contributed by atoms with Crippen LogP contribution in [0.15, 0.2) is 65.6 Å². The number of hydrogen-bond acceptors (Lipinski definition) is 1. The fourth-order valence-corrected chi connectivity index (χ4v) is 2.67. The van der Waals surface area contributed by atoms with Gasteiger partial charge < -0.3 is 4.74 Å². The summed E-state index contributed by atoms with van der Waals surface area (Å²) in [4.78, 5) is 1.36. The molecule has 0 amide bonds. The summed E-state index contributed by atoms with van der Waals surface area (Å²) in [6, 6.07) is 20.8. The fraction of sp³-hybridized carbons (Fsp3) is 0.200. The van der Waals surface area contributed by atoms with Gasteiger partial charge >= 0.3 is 0 Å². The van der Waals surface area contributed by atoms with Gasteiger partial charge in [-0.15, -0.1) is 0 Å². The van der Waals surface area contributed by atoms with Gasteiger partial charge in [-0.05, 0) is 17.7 Å². The zero-order chi connectivity index (χ0) is 11.9. The molecule has 0 bridgehead atoms. The molecule has 0 saturated carbocycles. The standard InChI is InChI=1S/C15H17OS/c1-17(15-10-6-3-7-11-15)13-16-12-14-8-4-2-5-9-14/h2-11H,12-13H2,1H3/q+1. The maximum absolute atomic E-state index is 5.75. The van der Waals surface area contributed by atoms with Crippen LogP contribution in [-0.4, -0.2) is 12.2 Å². The van der Waals surface area contributed by atoms with E-state index in [1.54, 1.807) is 0 Å². The van der Waals surface area contributed by atoms with Gasteiger partial charge in [-0.3, -0.25) is 0 Å². The van der Waals surface area contributed by atoms with E-state index in [-0.39, 0.29) is 10.9 Å². The predicted octanol–water partition coefficient (Wildman–Crippen LogP) is 3.47. The largest absolute Gasteiger partial charge is 0.331 e. The van der Waals surface area contributed by atoms with Gasteiger partial charge in [0.2, 0.25) is 5.94 Å². The van der Waals surface area contributed by atoms with Gasteiger partial charge in [0.1, 0.15) is 6.26 Å². The van der Waals surface area contributed by atoms with Gasteiger partial charge in [0, 0.05) is 10.9 Å². The average Bonchev–Trinajstić information content (AvgIpc) is 2.41. The maximum Gasteiger partial charge on any atom is 0.213 e. The lowest BCUT2D eigenvalue weighted by molar-refractivity contribution is 0.167. The first-order chi connectivity index (χ1) is 8.36. The topological polar surface area (TPSA) is 9.23 Å². The molecule has 0 aliphatic rings. The molecule has 17 heavy (non-hydrogen) atoms. The summed E-state index contributed by atoms with van der Waals surface area (Å²) in [6.07, 6.45) is 2.22. The molecule has 0 N–H and O–H groups in total. The smallest absolute Gasteiger partial charge is 0.213 e. The number of hydrogen-bond donors (Lipinski definition) is 0. The van der Waals surface area contributed by atoms with Crippen LogP contribution in [0.2, 0.25) is 0 Å². The van der Waals surface area contributed by atoms with Crippen molar-refractivity contribution in [2.45, 2.75) is 11.5 Å². The van der Waals surface area contributed by atoms with Crippen molar-refractivity contribution >= 4 is 10.9 Å². The normalized spacial score (nSPS) is 12.3. The van der Waals surface area contributed by atoms with Crippen LogP contribution < -0.4 is 0 Å². The van der Waals surface area contributed by atoms with Gasteiger partial charge in [0.05, 0.1) is 6.61 Å². The molecule has 0 spiro atoms. The Hall–Kier alpha value is -1.25. The van der Waals surface area contributed by atoms with Crippen molar-refractivity contribution in [3.05, 3.63) is 66.2 Å². The van der Waals surface area contributed by atoms with E-state index in [1.807, 2.05) is 24.3 Å². The summed E-state index contributed by atoms with van der Waals surface area (Å²) in [5.74, 6) is 0.791. The zero-order valence-corrected chi connectivity index (χ0v) is 10.8. The van der Waals surface area contributed by atoms with Crippen molar-refractivity contribution in [2.24, 2.45) is 0 Å². The molecule has 1 unspecified atom stereocenters. The van der Waals surface area contributed by atoms with Gasteiger partial charge in [-0.1, -0.05) is 48.5 Å². The lowest BCUT2D eigenvalue weighted by Gasteiger charge is -2.04. The molecule has 0 aliphatic carbocycles. The molecule has 2 rings (SSSR count). The second-order valence-electron chi connectivity index (χ2n) is 3.90. The summed E-state index contributed by atoms with van der Waals surface area (Å²) in [7, 11) is 0.171. The molecule has 88 valence electrons. The van der Waals surface area contributed by atoms with E-state index < -0.39 is 0 Å². The first kappa shape index (κ1) is 12.2. The van der Waals surface area contributed by atoms with E-state index in [4.69, 9.17) is 4.74 Å². The van der Waals surface area contributed by atoms with E-state index in [0.29, 0.717) is 6.61 Å². The van der Waals surface area contributed by atoms with Crippen molar-refractivity contribution in [1.82, 2.24) is 0 Å². The first-order valence-electron chi connectivity index (χ1n) is 5.65. The molecule has 0 fully saturated rings. The molecule has 1 atom stereocenters. The highest BCUT2D eigenvalue weighted by Crippen LogP contribution is 2.11. The minimum atomic E-state index is 0.171. The van der Waals surface area contributed by atoms with Crippen molar-refractivity contribution in [1.29, 1.82) is 0 Å². The third-order valence-corrected chi connectivity index (χ3v) is 4.11. The van der Waals surface area contributed by atoms with Crippen LogP contribution in [0.25, 0.3) is 0 Å². The summed E-state index contributed by atoms with van der Waals surface area (Å²) in [6.45, 7) is 0.699. The van der Waals surface area contributed by atoms with Crippen LogP contribution in [0.5, 0.6) is 0 Å². The second-order valence-corrected chi connectivity index (χ2v) is 5.88. The van der Waals surface area contributed by atoms with Crippen LogP contribution in [0.1, 0.15) is 5.56 Å².